The van der Waals surface area contributed by atoms with E-state index in [0.29, 0.717) is 6.04 Å². The van der Waals surface area contributed by atoms with Crippen LogP contribution in [-0.4, -0.2) is 12.6 Å². The van der Waals surface area contributed by atoms with Crippen molar-refractivity contribution >= 4 is 0 Å². The van der Waals surface area contributed by atoms with Gasteiger partial charge in [0.15, 0.2) is 0 Å². The molecule has 0 saturated heterocycles. The van der Waals surface area contributed by atoms with Crippen LogP contribution >= 0.6 is 0 Å². The third-order valence-corrected chi connectivity index (χ3v) is 3.56. The standard InChI is InChI=1S/C16H21NO/c1-5-16(2,3)17-15-8-6-7-12-9-10-13(18-4)11-14(12)15/h1,9-11,15,17H,6-8H2,2-4H3. The quantitative estimate of drug-likeness (QED) is 0.824. The van der Waals surface area contributed by atoms with Gasteiger partial charge in [0, 0.05) is 6.04 Å². The Hall–Kier alpha value is -1.46. The molecule has 0 radical (unpaired) electrons. The van der Waals surface area contributed by atoms with E-state index in [1.807, 2.05) is 19.9 Å². The number of fused-ring (bicyclic) bond motifs is 1. The van der Waals surface area contributed by atoms with Gasteiger partial charge in [0.25, 0.3) is 0 Å². The summed E-state index contributed by atoms with van der Waals surface area (Å²) >= 11 is 0. The van der Waals surface area contributed by atoms with Crippen LogP contribution in [0.25, 0.3) is 0 Å². The van der Waals surface area contributed by atoms with E-state index in [1.54, 1.807) is 7.11 Å². The first-order valence-electron chi connectivity index (χ1n) is 6.48. The van der Waals surface area contributed by atoms with E-state index in [9.17, 15) is 0 Å². The highest BCUT2D eigenvalue weighted by Gasteiger charge is 2.25. The Morgan fingerprint density at radius 1 is 1.44 bits per heavy atom. The summed E-state index contributed by atoms with van der Waals surface area (Å²) in [6.07, 6.45) is 9.05. The lowest BCUT2D eigenvalue weighted by Crippen LogP contribution is -2.41. The number of hydrogen-bond donors (Lipinski definition) is 1. The molecular weight excluding hydrogens is 222 g/mol. The monoisotopic (exact) mass is 243 g/mol. The fourth-order valence-electron chi connectivity index (χ4n) is 2.53. The zero-order valence-electron chi connectivity index (χ0n) is 11.4. The van der Waals surface area contributed by atoms with Gasteiger partial charge in [-0.25, -0.2) is 0 Å². The van der Waals surface area contributed by atoms with Gasteiger partial charge >= 0.3 is 0 Å². The van der Waals surface area contributed by atoms with Gasteiger partial charge in [-0.1, -0.05) is 12.0 Å². The fourth-order valence-corrected chi connectivity index (χ4v) is 2.53. The highest BCUT2D eigenvalue weighted by atomic mass is 16.5. The molecule has 2 heteroatoms. The number of rotatable bonds is 3. The fraction of sp³-hybridized carbons (Fsp3) is 0.500. The van der Waals surface area contributed by atoms with Crippen molar-refractivity contribution in [1.82, 2.24) is 5.32 Å². The first-order chi connectivity index (χ1) is 8.55. The summed E-state index contributed by atoms with van der Waals surface area (Å²) in [5.41, 5.74) is 2.47. The van der Waals surface area contributed by atoms with E-state index in [4.69, 9.17) is 11.2 Å². The Labute approximate surface area is 110 Å². The van der Waals surface area contributed by atoms with Crippen molar-refractivity contribution in [2.45, 2.75) is 44.7 Å². The Bertz CT molecular complexity index is 470. The molecule has 2 nitrogen and oxygen atoms in total. The molecule has 1 aliphatic carbocycles. The summed E-state index contributed by atoms with van der Waals surface area (Å²) in [4.78, 5) is 0. The van der Waals surface area contributed by atoms with Crippen LogP contribution in [0, 0.1) is 12.3 Å². The number of ether oxygens (including phenoxy) is 1. The van der Waals surface area contributed by atoms with E-state index in [0.717, 1.165) is 18.6 Å². The van der Waals surface area contributed by atoms with Crippen LogP contribution < -0.4 is 10.1 Å². The summed E-state index contributed by atoms with van der Waals surface area (Å²) in [6.45, 7) is 4.09. The van der Waals surface area contributed by atoms with Crippen LogP contribution in [0.1, 0.15) is 43.9 Å². The Kier molecular flexibility index (Phi) is 3.63. The van der Waals surface area contributed by atoms with Gasteiger partial charge in [0.1, 0.15) is 5.75 Å². The normalized spacial score (nSPS) is 18.9. The minimum atomic E-state index is -0.275. The summed E-state index contributed by atoms with van der Waals surface area (Å²) in [7, 11) is 1.71. The van der Waals surface area contributed by atoms with Gasteiger partial charge in [-0.15, -0.1) is 6.42 Å². The number of terminal acetylenes is 1. The highest BCUT2D eigenvalue weighted by molar-refractivity contribution is 5.39. The molecule has 0 heterocycles. The maximum absolute atomic E-state index is 5.56. The Balaban J connectivity index is 2.29. The molecule has 0 amide bonds. The van der Waals surface area contributed by atoms with Crippen molar-refractivity contribution in [3.63, 3.8) is 0 Å². The Morgan fingerprint density at radius 2 is 2.22 bits per heavy atom. The smallest absolute Gasteiger partial charge is 0.119 e. The van der Waals surface area contributed by atoms with E-state index in [2.05, 4.69) is 23.4 Å². The lowest BCUT2D eigenvalue weighted by molar-refractivity contribution is 0.370. The third-order valence-electron chi connectivity index (χ3n) is 3.56. The first kappa shape index (κ1) is 13.0. The lowest BCUT2D eigenvalue weighted by atomic mass is 9.86. The van der Waals surface area contributed by atoms with Crippen LogP contribution in [-0.2, 0) is 6.42 Å². The predicted molar refractivity (Wildman–Crippen MR) is 74.7 cm³/mol. The Morgan fingerprint density at radius 3 is 2.89 bits per heavy atom. The second-order valence-corrected chi connectivity index (χ2v) is 5.42. The maximum Gasteiger partial charge on any atom is 0.119 e. The molecule has 1 aromatic rings. The summed E-state index contributed by atoms with van der Waals surface area (Å²) in [5, 5.41) is 3.56. The van der Waals surface area contributed by atoms with Gasteiger partial charge in [-0.2, -0.15) is 0 Å². The third kappa shape index (κ3) is 2.68. The van der Waals surface area contributed by atoms with Gasteiger partial charge < -0.3 is 4.74 Å². The maximum atomic E-state index is 5.56. The van der Waals surface area contributed by atoms with Crippen LogP contribution in [0.2, 0.25) is 0 Å². The van der Waals surface area contributed by atoms with Crippen molar-refractivity contribution in [1.29, 1.82) is 0 Å². The molecule has 18 heavy (non-hydrogen) atoms. The predicted octanol–water partition coefficient (Wildman–Crippen LogP) is 3.07. The zero-order chi connectivity index (χ0) is 13.2. The average molecular weight is 243 g/mol. The van der Waals surface area contributed by atoms with E-state index < -0.39 is 0 Å². The summed E-state index contributed by atoms with van der Waals surface area (Å²) in [6, 6.07) is 6.67. The molecule has 1 aromatic carbocycles. The van der Waals surface area contributed by atoms with Gasteiger partial charge in [-0.05, 0) is 56.4 Å². The molecule has 0 aromatic heterocycles. The van der Waals surface area contributed by atoms with E-state index in [-0.39, 0.29) is 5.54 Å². The molecule has 1 aliphatic rings. The number of benzene rings is 1. The minimum absolute atomic E-state index is 0.275. The lowest BCUT2D eigenvalue weighted by Gasteiger charge is -2.32. The van der Waals surface area contributed by atoms with Crippen molar-refractivity contribution in [2.75, 3.05) is 7.11 Å². The number of aryl methyl sites for hydroxylation is 1. The van der Waals surface area contributed by atoms with Crippen molar-refractivity contribution in [3.8, 4) is 18.1 Å². The van der Waals surface area contributed by atoms with Gasteiger partial charge in [-0.3, -0.25) is 5.32 Å². The SMILES string of the molecule is C#CC(C)(C)NC1CCCc2ccc(OC)cc21. The molecule has 0 bridgehead atoms. The van der Waals surface area contributed by atoms with Crippen LogP contribution in [0.5, 0.6) is 5.75 Å². The molecule has 0 aliphatic heterocycles. The summed E-state index contributed by atoms with van der Waals surface area (Å²) in [5.74, 6) is 3.72. The van der Waals surface area contributed by atoms with Crippen molar-refractivity contribution in [3.05, 3.63) is 29.3 Å². The number of nitrogens with one attached hydrogen (secondary N) is 1. The van der Waals surface area contributed by atoms with Crippen molar-refractivity contribution < 1.29 is 4.74 Å². The largest absolute Gasteiger partial charge is 0.497 e. The average Bonchev–Trinajstić information content (AvgIpc) is 2.38. The van der Waals surface area contributed by atoms with Crippen LogP contribution in [0.4, 0.5) is 0 Å². The minimum Gasteiger partial charge on any atom is -0.497 e. The number of hydrogen-bond acceptors (Lipinski definition) is 2. The second kappa shape index (κ2) is 5.04. The zero-order valence-corrected chi connectivity index (χ0v) is 11.4. The molecule has 96 valence electrons. The molecular formula is C16H21NO. The first-order valence-corrected chi connectivity index (χ1v) is 6.48. The van der Waals surface area contributed by atoms with Crippen LogP contribution in [0.15, 0.2) is 18.2 Å². The van der Waals surface area contributed by atoms with E-state index in [1.165, 1.54) is 17.5 Å². The van der Waals surface area contributed by atoms with Gasteiger partial charge in [0.05, 0.1) is 12.6 Å². The summed E-state index contributed by atoms with van der Waals surface area (Å²) < 4.78 is 5.32. The molecule has 0 saturated carbocycles. The number of methoxy groups -OCH3 is 1. The molecule has 1 unspecified atom stereocenters. The molecule has 1 N–H and O–H groups in total. The topological polar surface area (TPSA) is 21.3 Å². The molecule has 1 atom stereocenters. The van der Waals surface area contributed by atoms with Crippen LogP contribution in [0.3, 0.4) is 0 Å². The van der Waals surface area contributed by atoms with Gasteiger partial charge in [0.2, 0.25) is 0 Å². The highest BCUT2D eigenvalue weighted by Crippen LogP contribution is 2.33. The van der Waals surface area contributed by atoms with E-state index >= 15 is 0 Å². The molecule has 0 fully saturated rings. The molecule has 0 spiro atoms. The second-order valence-electron chi connectivity index (χ2n) is 5.42. The van der Waals surface area contributed by atoms with Crippen molar-refractivity contribution in [2.24, 2.45) is 0 Å². The molecule has 2 rings (SSSR count).